The summed E-state index contributed by atoms with van der Waals surface area (Å²) in [6.45, 7) is 9.63. The van der Waals surface area contributed by atoms with E-state index in [4.69, 9.17) is 9.15 Å². The summed E-state index contributed by atoms with van der Waals surface area (Å²) < 4.78 is 11.0. The van der Waals surface area contributed by atoms with E-state index in [1.54, 1.807) is 18.2 Å². The SMILES string of the molecule is C=C(C)C(C)Oc1cc(O)c2c(CCC)cc(=[OH+])oc2c1. The quantitative estimate of drug-likeness (QED) is 0.521. The van der Waals surface area contributed by atoms with Crippen LogP contribution in [0.2, 0.25) is 0 Å². The highest BCUT2D eigenvalue weighted by Crippen LogP contribution is 2.33. The molecule has 0 bridgehead atoms. The lowest BCUT2D eigenvalue weighted by Crippen LogP contribution is -2.12. The Morgan fingerprint density at radius 2 is 2.14 bits per heavy atom. The number of benzene rings is 1. The first-order chi connectivity index (χ1) is 9.92. The van der Waals surface area contributed by atoms with E-state index in [1.807, 2.05) is 20.8 Å². The second kappa shape index (κ2) is 6.04. The number of rotatable bonds is 5. The number of hydrogen-bond donors (Lipinski definition) is 1. The van der Waals surface area contributed by atoms with Crippen LogP contribution < -0.4 is 10.4 Å². The lowest BCUT2D eigenvalue weighted by molar-refractivity contribution is 0.257. The Morgan fingerprint density at radius 3 is 2.76 bits per heavy atom. The van der Waals surface area contributed by atoms with Gasteiger partial charge in [-0.05, 0) is 31.4 Å². The summed E-state index contributed by atoms with van der Waals surface area (Å²) in [7, 11) is 0. The summed E-state index contributed by atoms with van der Waals surface area (Å²) in [6.07, 6.45) is 1.48. The van der Waals surface area contributed by atoms with Crippen LogP contribution in [0.5, 0.6) is 11.5 Å². The molecule has 1 aromatic heterocycles. The first-order valence-corrected chi connectivity index (χ1v) is 7.06. The van der Waals surface area contributed by atoms with Crippen molar-refractivity contribution in [1.29, 1.82) is 0 Å². The van der Waals surface area contributed by atoms with Crippen LogP contribution in [-0.4, -0.2) is 16.0 Å². The zero-order valence-electron chi connectivity index (χ0n) is 12.6. The number of fused-ring (bicyclic) bond motifs is 1. The van der Waals surface area contributed by atoms with Gasteiger partial charge in [-0.25, -0.2) is 0 Å². The van der Waals surface area contributed by atoms with Gasteiger partial charge in [-0.2, -0.15) is 0 Å². The van der Waals surface area contributed by atoms with E-state index in [9.17, 15) is 9.90 Å². The molecule has 1 heterocycles. The van der Waals surface area contributed by atoms with Crippen molar-refractivity contribution in [2.75, 3.05) is 0 Å². The monoisotopic (exact) mass is 289 g/mol. The molecule has 0 fully saturated rings. The molecule has 0 spiro atoms. The summed E-state index contributed by atoms with van der Waals surface area (Å²) in [5, 5.41) is 10.9. The molecule has 2 rings (SSSR count). The van der Waals surface area contributed by atoms with Crippen LogP contribution in [0.3, 0.4) is 0 Å². The van der Waals surface area contributed by atoms with Crippen LogP contribution in [-0.2, 0) is 6.42 Å². The van der Waals surface area contributed by atoms with Crippen molar-refractivity contribution < 1.29 is 19.1 Å². The molecule has 0 radical (unpaired) electrons. The van der Waals surface area contributed by atoms with Gasteiger partial charge >= 0.3 is 5.63 Å². The summed E-state index contributed by atoms with van der Waals surface area (Å²) in [4.78, 5) is 9.69. The van der Waals surface area contributed by atoms with Gasteiger partial charge in [-0.3, -0.25) is 4.42 Å². The fraction of sp³-hybridized carbons (Fsp3) is 0.353. The van der Waals surface area contributed by atoms with E-state index in [2.05, 4.69) is 6.58 Å². The highest BCUT2D eigenvalue weighted by molar-refractivity contribution is 5.87. The van der Waals surface area contributed by atoms with Gasteiger partial charge in [0.1, 0.15) is 17.6 Å². The van der Waals surface area contributed by atoms with Crippen molar-refractivity contribution in [2.24, 2.45) is 0 Å². The van der Waals surface area contributed by atoms with Gasteiger partial charge < -0.3 is 14.6 Å². The maximum Gasteiger partial charge on any atom is 0.516 e. The van der Waals surface area contributed by atoms with Gasteiger partial charge in [-0.1, -0.05) is 19.9 Å². The molecule has 0 amide bonds. The van der Waals surface area contributed by atoms with Crippen LogP contribution in [0, 0.1) is 0 Å². The Balaban J connectivity index is 2.55. The third-order valence-electron chi connectivity index (χ3n) is 3.41. The Hall–Kier alpha value is -2.23. The molecule has 2 aromatic rings. The van der Waals surface area contributed by atoms with Gasteiger partial charge in [0.2, 0.25) is 0 Å². The molecule has 1 aromatic carbocycles. The maximum atomic E-state index is 10.3. The third kappa shape index (κ3) is 3.27. The Kier molecular flexibility index (Phi) is 4.36. The largest absolute Gasteiger partial charge is 0.516 e. The summed E-state index contributed by atoms with van der Waals surface area (Å²) >= 11 is 0. The van der Waals surface area contributed by atoms with Crippen LogP contribution >= 0.6 is 0 Å². The minimum atomic E-state index is -0.172. The van der Waals surface area contributed by atoms with Gasteiger partial charge in [0.05, 0.1) is 17.5 Å². The predicted molar refractivity (Wildman–Crippen MR) is 81.8 cm³/mol. The summed E-state index contributed by atoms with van der Waals surface area (Å²) in [5.41, 5.74) is 1.97. The highest BCUT2D eigenvalue weighted by atomic mass is 16.5. The first-order valence-electron chi connectivity index (χ1n) is 7.06. The van der Waals surface area contributed by atoms with E-state index in [0.29, 0.717) is 16.7 Å². The standard InChI is InChI=1S/C17H20O4/c1-5-6-12-7-16(19)21-15-9-13(8-14(18)17(12)15)20-11(4)10(2)3/h7-9,11,18H,2,5-6H2,1,3-4H3/p+1. The predicted octanol–water partition coefficient (Wildman–Crippen LogP) is 3.44. The van der Waals surface area contributed by atoms with Gasteiger partial charge in [0.15, 0.2) is 0 Å². The van der Waals surface area contributed by atoms with Gasteiger partial charge in [-0.15, -0.1) is 0 Å². The summed E-state index contributed by atoms with van der Waals surface area (Å²) in [6, 6.07) is 4.78. The number of phenols is 1. The number of aryl methyl sites for hydroxylation is 1. The number of phenolic OH excluding ortho intramolecular Hbond substituents is 1. The van der Waals surface area contributed by atoms with E-state index in [0.717, 1.165) is 24.0 Å². The maximum absolute atomic E-state index is 10.3. The summed E-state index contributed by atoms with van der Waals surface area (Å²) in [5.74, 6) is 0.566. The molecule has 4 heteroatoms. The average molecular weight is 289 g/mol. The van der Waals surface area contributed by atoms with Crippen molar-refractivity contribution in [1.82, 2.24) is 0 Å². The Labute approximate surface area is 123 Å². The molecule has 0 aliphatic heterocycles. The number of aromatic hydroxyl groups is 1. The van der Waals surface area contributed by atoms with Crippen LogP contribution in [0.1, 0.15) is 32.8 Å². The van der Waals surface area contributed by atoms with E-state index in [1.165, 1.54) is 0 Å². The molecule has 1 atom stereocenters. The number of hydrogen-bond acceptors (Lipinski definition) is 3. The fourth-order valence-electron chi connectivity index (χ4n) is 2.18. The first kappa shape index (κ1) is 15.2. The molecular weight excluding hydrogens is 268 g/mol. The zero-order chi connectivity index (χ0) is 15.6. The van der Waals surface area contributed by atoms with Crippen molar-refractivity contribution in [2.45, 2.75) is 39.7 Å². The van der Waals surface area contributed by atoms with E-state index < -0.39 is 0 Å². The normalized spacial score (nSPS) is 12.3. The highest BCUT2D eigenvalue weighted by Gasteiger charge is 2.17. The molecule has 0 aliphatic rings. The lowest BCUT2D eigenvalue weighted by atomic mass is 10.0. The Bertz CT molecular complexity index is 727. The van der Waals surface area contributed by atoms with Crippen LogP contribution in [0.15, 0.2) is 34.8 Å². The lowest BCUT2D eigenvalue weighted by Gasteiger charge is -2.14. The van der Waals surface area contributed by atoms with Crippen molar-refractivity contribution in [3.8, 4) is 11.5 Å². The minimum Gasteiger partial charge on any atom is -0.507 e. The molecule has 1 unspecified atom stereocenters. The van der Waals surface area contributed by atoms with E-state index >= 15 is 0 Å². The molecule has 0 aliphatic carbocycles. The van der Waals surface area contributed by atoms with Crippen molar-refractivity contribution in [3.63, 3.8) is 0 Å². The molecule has 0 saturated heterocycles. The molecule has 4 nitrogen and oxygen atoms in total. The Morgan fingerprint density at radius 1 is 1.43 bits per heavy atom. The van der Waals surface area contributed by atoms with E-state index in [-0.39, 0.29) is 17.5 Å². The average Bonchev–Trinajstić information content (AvgIpc) is 2.37. The molecule has 2 N–H and O–H groups in total. The van der Waals surface area contributed by atoms with Gasteiger partial charge in [0, 0.05) is 6.07 Å². The number of ether oxygens (including phenoxy) is 1. The zero-order valence-corrected chi connectivity index (χ0v) is 12.6. The fourth-order valence-corrected chi connectivity index (χ4v) is 2.18. The smallest absolute Gasteiger partial charge is 0.507 e. The molecule has 21 heavy (non-hydrogen) atoms. The van der Waals surface area contributed by atoms with Crippen molar-refractivity contribution >= 4 is 11.0 Å². The molecular formula is C17H21O4+. The van der Waals surface area contributed by atoms with Crippen LogP contribution in [0.25, 0.3) is 11.0 Å². The third-order valence-corrected chi connectivity index (χ3v) is 3.41. The molecule has 112 valence electrons. The van der Waals surface area contributed by atoms with Crippen molar-refractivity contribution in [3.05, 3.63) is 41.5 Å². The second-order valence-corrected chi connectivity index (χ2v) is 5.28. The van der Waals surface area contributed by atoms with Gasteiger partial charge in [0.25, 0.3) is 5.58 Å². The molecule has 0 saturated carbocycles. The topological polar surface area (TPSA) is 64.0 Å². The minimum absolute atomic E-state index is 0.0867. The van der Waals surface area contributed by atoms with Crippen LogP contribution in [0.4, 0.5) is 0 Å². The second-order valence-electron chi connectivity index (χ2n) is 5.28.